The van der Waals surface area contributed by atoms with Crippen LogP contribution in [0.3, 0.4) is 0 Å². The van der Waals surface area contributed by atoms with Crippen molar-refractivity contribution in [1.29, 1.82) is 5.26 Å². The van der Waals surface area contributed by atoms with Gasteiger partial charge in [-0.3, -0.25) is 4.79 Å². The molecule has 2 aliphatic rings. The number of hydrogen-bond acceptors (Lipinski definition) is 6. The van der Waals surface area contributed by atoms with E-state index >= 15 is 0 Å². The molecule has 2 aliphatic carbocycles. The van der Waals surface area contributed by atoms with Gasteiger partial charge >= 0.3 is 0 Å². The molecule has 1 atom stereocenters. The van der Waals surface area contributed by atoms with E-state index in [1.54, 1.807) is 11.3 Å². The Morgan fingerprint density at radius 1 is 1.26 bits per heavy atom. The van der Waals surface area contributed by atoms with Crippen LogP contribution in [0.2, 0.25) is 0 Å². The lowest BCUT2D eigenvalue weighted by Crippen LogP contribution is -2.50. The van der Waals surface area contributed by atoms with Crippen molar-refractivity contribution in [2.45, 2.75) is 81.0 Å². The zero-order valence-corrected chi connectivity index (χ0v) is 17.4. The zero-order chi connectivity index (χ0) is 19.0. The van der Waals surface area contributed by atoms with Crippen LogP contribution in [-0.2, 0) is 17.6 Å². The smallest absolute Gasteiger partial charge is 0.234 e. The Labute approximate surface area is 168 Å². The number of nitrogens with one attached hydrogen (secondary N) is 1. The molecule has 2 aromatic rings. The van der Waals surface area contributed by atoms with E-state index in [1.807, 2.05) is 13.8 Å². The predicted octanol–water partition coefficient (Wildman–Crippen LogP) is 4.31. The fourth-order valence-electron chi connectivity index (χ4n) is 4.13. The molecule has 1 N–H and O–H groups in total. The quantitative estimate of drug-likeness (QED) is 0.611. The number of fused-ring (bicyclic) bond motifs is 3. The molecule has 2 heterocycles. The number of carbonyl (C=O) groups excluding carboxylic acids is 1. The van der Waals surface area contributed by atoms with Crippen LogP contribution in [0.4, 0.5) is 0 Å². The second-order valence-corrected chi connectivity index (χ2v) is 10.0. The molecule has 2 aromatic heterocycles. The van der Waals surface area contributed by atoms with Gasteiger partial charge in [-0.1, -0.05) is 31.0 Å². The van der Waals surface area contributed by atoms with Gasteiger partial charge in [0.25, 0.3) is 0 Å². The lowest BCUT2D eigenvalue weighted by Gasteiger charge is -2.32. The summed E-state index contributed by atoms with van der Waals surface area (Å²) in [6.45, 7) is 3.82. The molecule has 0 unspecified atom stereocenters. The van der Waals surface area contributed by atoms with Crippen LogP contribution in [0.15, 0.2) is 5.03 Å². The summed E-state index contributed by atoms with van der Waals surface area (Å²) >= 11 is 3.27. The Kier molecular flexibility index (Phi) is 5.13. The van der Waals surface area contributed by atoms with Crippen molar-refractivity contribution in [3.63, 3.8) is 0 Å². The van der Waals surface area contributed by atoms with E-state index in [1.165, 1.54) is 28.6 Å². The van der Waals surface area contributed by atoms with Crippen molar-refractivity contribution in [2.75, 3.05) is 0 Å². The topological polar surface area (TPSA) is 78.7 Å². The fraction of sp³-hybridized carbons (Fsp3) is 0.600. The SMILES string of the molecule is Cc1nc(S[C@@H](C)C(=O)NC2(C#N)CCCCC2)c2c3c(sc2n1)CCC3. The van der Waals surface area contributed by atoms with E-state index in [-0.39, 0.29) is 11.2 Å². The highest BCUT2D eigenvalue weighted by molar-refractivity contribution is 8.00. The normalized spacial score (nSPS) is 19.4. The summed E-state index contributed by atoms with van der Waals surface area (Å²) in [6.07, 6.45) is 8.04. The first kappa shape index (κ1) is 18.7. The van der Waals surface area contributed by atoms with Gasteiger partial charge in [0.05, 0.1) is 11.3 Å². The Morgan fingerprint density at radius 3 is 2.78 bits per heavy atom. The van der Waals surface area contributed by atoms with Crippen molar-refractivity contribution in [2.24, 2.45) is 0 Å². The first-order chi connectivity index (χ1) is 13.0. The second kappa shape index (κ2) is 7.40. The highest BCUT2D eigenvalue weighted by Gasteiger charge is 2.35. The summed E-state index contributed by atoms with van der Waals surface area (Å²) in [5.41, 5.74) is 0.691. The number of nitriles is 1. The van der Waals surface area contributed by atoms with E-state index < -0.39 is 5.54 Å². The van der Waals surface area contributed by atoms with Gasteiger partial charge in [0.1, 0.15) is 21.2 Å². The summed E-state index contributed by atoms with van der Waals surface area (Å²) in [7, 11) is 0. The van der Waals surface area contributed by atoms with Gasteiger partial charge < -0.3 is 5.32 Å². The van der Waals surface area contributed by atoms with Gasteiger partial charge in [-0.05, 0) is 51.5 Å². The van der Waals surface area contributed by atoms with Gasteiger partial charge in [-0.15, -0.1) is 11.3 Å². The third-order valence-electron chi connectivity index (χ3n) is 5.58. The fourth-order valence-corrected chi connectivity index (χ4v) is 6.52. The minimum Gasteiger partial charge on any atom is -0.337 e. The lowest BCUT2D eigenvalue weighted by molar-refractivity contribution is -0.121. The van der Waals surface area contributed by atoms with E-state index in [2.05, 4.69) is 21.4 Å². The summed E-state index contributed by atoms with van der Waals surface area (Å²) in [5.74, 6) is 0.679. The van der Waals surface area contributed by atoms with Crippen LogP contribution < -0.4 is 5.32 Å². The molecule has 0 radical (unpaired) electrons. The summed E-state index contributed by atoms with van der Waals surface area (Å²) in [6, 6.07) is 2.37. The molecule has 0 spiro atoms. The molecular formula is C20H24N4OS2. The first-order valence-corrected chi connectivity index (χ1v) is 11.4. The molecule has 1 fully saturated rings. The van der Waals surface area contributed by atoms with Crippen molar-refractivity contribution >= 4 is 39.2 Å². The lowest BCUT2D eigenvalue weighted by atomic mass is 9.83. The van der Waals surface area contributed by atoms with Crippen molar-refractivity contribution in [3.05, 3.63) is 16.3 Å². The second-order valence-electron chi connectivity index (χ2n) is 7.62. The Bertz CT molecular complexity index is 924. The molecule has 7 heteroatoms. The van der Waals surface area contributed by atoms with E-state index in [4.69, 9.17) is 0 Å². The molecule has 27 heavy (non-hydrogen) atoms. The third kappa shape index (κ3) is 3.57. The first-order valence-electron chi connectivity index (χ1n) is 9.70. The maximum Gasteiger partial charge on any atom is 0.234 e. The number of thiophene rings is 1. The highest BCUT2D eigenvalue weighted by Crippen LogP contribution is 2.41. The number of nitrogens with zero attached hydrogens (tertiary/aromatic N) is 3. The van der Waals surface area contributed by atoms with Crippen LogP contribution in [0.1, 0.15) is 61.7 Å². The van der Waals surface area contributed by atoms with Crippen LogP contribution in [0.5, 0.6) is 0 Å². The molecule has 142 valence electrons. The summed E-state index contributed by atoms with van der Waals surface area (Å²) in [5, 5.41) is 14.4. The summed E-state index contributed by atoms with van der Waals surface area (Å²) < 4.78 is 0. The standard InChI is InChI=1S/C20H24N4OS2/c1-12(17(25)24-20(11-21)9-4-3-5-10-20)26-18-16-14-7-6-8-15(14)27-19(16)23-13(2)22-18/h12H,3-10H2,1-2H3,(H,24,25)/t12-/m0/s1. The van der Waals surface area contributed by atoms with Gasteiger partial charge in [0.2, 0.25) is 5.91 Å². The number of amides is 1. The van der Waals surface area contributed by atoms with Crippen LogP contribution in [0.25, 0.3) is 10.2 Å². The number of rotatable bonds is 4. The molecule has 4 rings (SSSR count). The molecule has 0 aromatic carbocycles. The molecule has 0 saturated heterocycles. The predicted molar refractivity (Wildman–Crippen MR) is 109 cm³/mol. The maximum absolute atomic E-state index is 12.8. The molecule has 1 amide bonds. The minimum absolute atomic E-state index is 0.0697. The average Bonchev–Trinajstić information content (AvgIpc) is 3.22. The average molecular weight is 401 g/mol. The number of aryl methyl sites for hydroxylation is 3. The maximum atomic E-state index is 12.8. The van der Waals surface area contributed by atoms with Crippen LogP contribution >= 0.6 is 23.1 Å². The molecule has 0 aliphatic heterocycles. The molecule has 1 saturated carbocycles. The van der Waals surface area contributed by atoms with Crippen molar-refractivity contribution in [1.82, 2.24) is 15.3 Å². The number of carbonyl (C=O) groups is 1. The largest absolute Gasteiger partial charge is 0.337 e. The van der Waals surface area contributed by atoms with E-state index in [9.17, 15) is 10.1 Å². The molecular weight excluding hydrogens is 376 g/mol. The van der Waals surface area contributed by atoms with Gasteiger partial charge in [-0.25, -0.2) is 9.97 Å². The number of aromatic nitrogens is 2. The zero-order valence-electron chi connectivity index (χ0n) is 15.8. The van der Waals surface area contributed by atoms with Crippen LogP contribution in [0, 0.1) is 18.3 Å². The minimum atomic E-state index is -0.690. The monoisotopic (exact) mass is 400 g/mol. The van der Waals surface area contributed by atoms with Crippen molar-refractivity contribution in [3.8, 4) is 6.07 Å². The Balaban J connectivity index is 1.57. The van der Waals surface area contributed by atoms with Crippen molar-refractivity contribution < 1.29 is 4.79 Å². The van der Waals surface area contributed by atoms with E-state index in [0.717, 1.165) is 66.0 Å². The summed E-state index contributed by atoms with van der Waals surface area (Å²) in [4.78, 5) is 24.6. The molecule has 5 nitrogen and oxygen atoms in total. The third-order valence-corrected chi connectivity index (χ3v) is 7.86. The van der Waals surface area contributed by atoms with Gasteiger partial charge in [-0.2, -0.15) is 5.26 Å². The van der Waals surface area contributed by atoms with Gasteiger partial charge in [0, 0.05) is 10.3 Å². The number of hydrogen-bond donors (Lipinski definition) is 1. The Hall–Kier alpha value is -1.65. The Morgan fingerprint density at radius 2 is 2.04 bits per heavy atom. The van der Waals surface area contributed by atoms with Gasteiger partial charge in [0.15, 0.2) is 0 Å². The molecule has 0 bridgehead atoms. The highest BCUT2D eigenvalue weighted by atomic mass is 32.2. The number of thioether (sulfide) groups is 1. The van der Waals surface area contributed by atoms with E-state index in [0.29, 0.717) is 0 Å². The van der Waals surface area contributed by atoms with Crippen LogP contribution in [-0.4, -0.2) is 26.7 Å².